The maximum Gasteiger partial charge on any atom is 0.303 e. The van der Waals surface area contributed by atoms with Crippen LogP contribution in [0.15, 0.2) is 10.7 Å². The number of carboxylic acid groups (broad SMARTS) is 1. The van der Waals surface area contributed by atoms with Gasteiger partial charge in [0.2, 0.25) is 0 Å². The lowest BCUT2D eigenvalue weighted by molar-refractivity contribution is -0.136. The molecule has 106 valence electrons. The van der Waals surface area contributed by atoms with Crippen LogP contribution in [-0.4, -0.2) is 36.0 Å². The number of carboxylic acids is 1. The van der Waals surface area contributed by atoms with Gasteiger partial charge in [0.1, 0.15) is 6.26 Å². The van der Waals surface area contributed by atoms with Crippen LogP contribution < -0.4 is 0 Å². The maximum absolute atomic E-state index is 11.5. The van der Waals surface area contributed by atoms with Crippen molar-refractivity contribution in [2.75, 3.05) is 11.5 Å². The molecule has 6 nitrogen and oxygen atoms in total. The summed E-state index contributed by atoms with van der Waals surface area (Å²) >= 11 is 0. The fourth-order valence-corrected chi connectivity index (χ4v) is 4.09. The molecule has 2 rings (SSSR count). The van der Waals surface area contributed by atoms with E-state index in [-0.39, 0.29) is 23.8 Å². The second-order valence-corrected chi connectivity index (χ2v) is 7.18. The van der Waals surface area contributed by atoms with Gasteiger partial charge in [-0.3, -0.25) is 4.79 Å². The standard InChI is InChI=1S/C12H17NO5S/c14-12(15)4-3-10-7-18-11(13-10)6-9-2-1-5-19(16,17)8-9/h7,9H,1-6,8H2,(H,14,15). The molecule has 1 aromatic heterocycles. The molecule has 0 radical (unpaired) electrons. The highest BCUT2D eigenvalue weighted by Gasteiger charge is 2.26. The van der Waals surface area contributed by atoms with Gasteiger partial charge in [0, 0.05) is 12.8 Å². The first-order valence-electron chi connectivity index (χ1n) is 6.30. The topological polar surface area (TPSA) is 97.5 Å². The summed E-state index contributed by atoms with van der Waals surface area (Å²) in [7, 11) is -2.91. The van der Waals surface area contributed by atoms with E-state index in [0.717, 1.165) is 6.42 Å². The molecule has 19 heavy (non-hydrogen) atoms. The molecule has 0 bridgehead atoms. The Labute approximate surface area is 111 Å². The number of aromatic nitrogens is 1. The third-order valence-electron chi connectivity index (χ3n) is 3.21. The zero-order chi connectivity index (χ0) is 13.9. The molecule has 1 atom stereocenters. The van der Waals surface area contributed by atoms with Crippen molar-refractivity contribution < 1.29 is 22.7 Å². The minimum absolute atomic E-state index is 0.0176. The van der Waals surface area contributed by atoms with Crippen molar-refractivity contribution in [2.45, 2.75) is 32.1 Å². The highest BCUT2D eigenvalue weighted by Crippen LogP contribution is 2.22. The van der Waals surface area contributed by atoms with Gasteiger partial charge < -0.3 is 9.52 Å². The molecule has 1 N–H and O–H groups in total. The van der Waals surface area contributed by atoms with Crippen molar-refractivity contribution in [3.8, 4) is 0 Å². The molecule has 1 aromatic rings. The van der Waals surface area contributed by atoms with Crippen molar-refractivity contribution in [1.82, 2.24) is 4.98 Å². The van der Waals surface area contributed by atoms with Crippen molar-refractivity contribution >= 4 is 15.8 Å². The van der Waals surface area contributed by atoms with E-state index in [1.807, 2.05) is 0 Å². The summed E-state index contributed by atoms with van der Waals surface area (Å²) in [5, 5.41) is 8.58. The summed E-state index contributed by atoms with van der Waals surface area (Å²) in [6.45, 7) is 0. The van der Waals surface area contributed by atoms with Gasteiger partial charge in [-0.25, -0.2) is 13.4 Å². The summed E-state index contributed by atoms with van der Waals surface area (Å²) in [4.78, 5) is 14.6. The predicted octanol–water partition coefficient (Wildman–Crippen LogP) is 1.06. The summed E-state index contributed by atoms with van der Waals surface area (Å²) < 4.78 is 28.3. The first kappa shape index (κ1) is 14.0. The van der Waals surface area contributed by atoms with Crippen LogP contribution in [0.5, 0.6) is 0 Å². The van der Waals surface area contributed by atoms with E-state index in [9.17, 15) is 13.2 Å². The molecule has 2 heterocycles. The van der Waals surface area contributed by atoms with Crippen LogP contribution in [0, 0.1) is 5.92 Å². The Morgan fingerprint density at radius 1 is 1.53 bits per heavy atom. The van der Waals surface area contributed by atoms with Gasteiger partial charge in [-0.2, -0.15) is 0 Å². The lowest BCUT2D eigenvalue weighted by Gasteiger charge is -2.20. The minimum Gasteiger partial charge on any atom is -0.481 e. The van der Waals surface area contributed by atoms with E-state index < -0.39 is 15.8 Å². The minimum atomic E-state index is -2.91. The zero-order valence-electron chi connectivity index (χ0n) is 10.5. The van der Waals surface area contributed by atoms with Gasteiger partial charge >= 0.3 is 5.97 Å². The smallest absolute Gasteiger partial charge is 0.303 e. The largest absolute Gasteiger partial charge is 0.481 e. The highest BCUT2D eigenvalue weighted by atomic mass is 32.2. The number of hydrogen-bond acceptors (Lipinski definition) is 5. The lowest BCUT2D eigenvalue weighted by atomic mass is 10.0. The molecule has 0 saturated carbocycles. The van der Waals surface area contributed by atoms with E-state index in [1.54, 1.807) is 0 Å². The third kappa shape index (κ3) is 4.34. The zero-order valence-corrected chi connectivity index (χ0v) is 11.4. The first-order chi connectivity index (χ1) is 8.94. The molecule has 0 amide bonds. The van der Waals surface area contributed by atoms with Crippen LogP contribution in [0.1, 0.15) is 30.8 Å². The molecule has 1 fully saturated rings. The Morgan fingerprint density at radius 3 is 3.00 bits per heavy atom. The molecule has 1 saturated heterocycles. The van der Waals surface area contributed by atoms with Crippen molar-refractivity contribution in [3.63, 3.8) is 0 Å². The van der Waals surface area contributed by atoms with Crippen molar-refractivity contribution in [2.24, 2.45) is 5.92 Å². The fourth-order valence-electron chi connectivity index (χ4n) is 2.32. The number of rotatable bonds is 5. The molecule has 7 heteroatoms. The van der Waals surface area contributed by atoms with Gasteiger partial charge in [-0.15, -0.1) is 0 Å². The van der Waals surface area contributed by atoms with Crippen molar-refractivity contribution in [1.29, 1.82) is 0 Å². The second-order valence-electron chi connectivity index (χ2n) is 4.95. The number of oxazole rings is 1. The van der Waals surface area contributed by atoms with Gasteiger partial charge in [0.25, 0.3) is 0 Å². The highest BCUT2D eigenvalue weighted by molar-refractivity contribution is 7.91. The Kier molecular flexibility index (Phi) is 4.24. The monoisotopic (exact) mass is 287 g/mol. The van der Waals surface area contributed by atoms with Crippen LogP contribution >= 0.6 is 0 Å². The quantitative estimate of drug-likeness (QED) is 0.869. The average Bonchev–Trinajstić information content (AvgIpc) is 2.73. The molecular formula is C12H17NO5S. The average molecular weight is 287 g/mol. The molecule has 0 aliphatic carbocycles. The van der Waals surface area contributed by atoms with Gasteiger partial charge in [0.05, 0.1) is 23.6 Å². The van der Waals surface area contributed by atoms with E-state index in [0.29, 0.717) is 30.8 Å². The summed E-state index contributed by atoms with van der Waals surface area (Å²) in [6.07, 6.45) is 3.87. The Balaban J connectivity index is 1.91. The van der Waals surface area contributed by atoms with E-state index in [1.165, 1.54) is 6.26 Å². The molecular weight excluding hydrogens is 270 g/mol. The van der Waals surface area contributed by atoms with E-state index in [2.05, 4.69) is 4.98 Å². The number of aryl methyl sites for hydroxylation is 1. The SMILES string of the molecule is O=C(O)CCc1coc(CC2CCCS(=O)(=O)C2)n1. The number of hydrogen-bond donors (Lipinski definition) is 1. The number of sulfone groups is 1. The Bertz CT molecular complexity index is 548. The fraction of sp³-hybridized carbons (Fsp3) is 0.667. The Morgan fingerprint density at radius 2 is 2.32 bits per heavy atom. The molecule has 0 aromatic carbocycles. The Hall–Kier alpha value is -1.37. The van der Waals surface area contributed by atoms with Crippen LogP contribution in [0.3, 0.4) is 0 Å². The lowest BCUT2D eigenvalue weighted by Crippen LogP contribution is -2.26. The number of nitrogens with zero attached hydrogens (tertiary/aromatic N) is 1. The van der Waals surface area contributed by atoms with Gasteiger partial charge in [0.15, 0.2) is 15.7 Å². The predicted molar refractivity (Wildman–Crippen MR) is 67.5 cm³/mol. The summed E-state index contributed by atoms with van der Waals surface area (Å²) in [5.41, 5.74) is 0.607. The van der Waals surface area contributed by atoms with Gasteiger partial charge in [-0.1, -0.05) is 0 Å². The second kappa shape index (κ2) is 5.73. The number of aliphatic carboxylic acids is 1. The molecule has 1 aliphatic heterocycles. The van der Waals surface area contributed by atoms with Crippen LogP contribution in [0.4, 0.5) is 0 Å². The number of carbonyl (C=O) groups is 1. The summed E-state index contributed by atoms with van der Waals surface area (Å²) in [5.74, 6) is 0.161. The van der Waals surface area contributed by atoms with Crippen molar-refractivity contribution in [3.05, 3.63) is 17.8 Å². The maximum atomic E-state index is 11.5. The van der Waals surface area contributed by atoms with Crippen LogP contribution in [0.25, 0.3) is 0 Å². The van der Waals surface area contributed by atoms with Crippen LogP contribution in [-0.2, 0) is 27.5 Å². The molecule has 1 aliphatic rings. The van der Waals surface area contributed by atoms with E-state index >= 15 is 0 Å². The molecule has 1 unspecified atom stereocenters. The van der Waals surface area contributed by atoms with Gasteiger partial charge in [-0.05, 0) is 18.8 Å². The normalized spacial score (nSPS) is 22.2. The summed E-state index contributed by atoms with van der Waals surface area (Å²) in [6, 6.07) is 0. The van der Waals surface area contributed by atoms with E-state index in [4.69, 9.17) is 9.52 Å². The molecule has 0 spiro atoms. The van der Waals surface area contributed by atoms with Crippen LogP contribution in [0.2, 0.25) is 0 Å². The first-order valence-corrected chi connectivity index (χ1v) is 8.12. The third-order valence-corrected chi connectivity index (χ3v) is 5.10.